The molecule has 0 bridgehead atoms. The number of carbonyl (C=O) groups is 2. The van der Waals surface area contributed by atoms with Crippen LogP contribution in [0.25, 0.3) is 0 Å². The van der Waals surface area contributed by atoms with Gasteiger partial charge in [-0.2, -0.15) is 0 Å². The third kappa shape index (κ3) is 5.45. The Morgan fingerprint density at radius 2 is 1.77 bits per heavy atom. The van der Waals surface area contributed by atoms with Crippen LogP contribution in [-0.2, 0) is 14.3 Å². The number of likely N-dealkylation sites (tertiary alicyclic amines) is 1. The second kappa shape index (κ2) is 7.90. The molecule has 8 heteroatoms. The molecule has 0 amide bonds. The SMILES string of the molecule is CC1OC2(CCN(C)CC2)C/C1=N/O.O=C(O)/C=C/C(=O)O. The summed E-state index contributed by atoms with van der Waals surface area (Å²) < 4.78 is 5.92. The van der Waals surface area contributed by atoms with Crippen LogP contribution in [0.1, 0.15) is 26.2 Å². The highest BCUT2D eigenvalue weighted by molar-refractivity contribution is 5.90. The number of ether oxygens (including phenoxy) is 1. The second-order valence-corrected chi connectivity index (χ2v) is 5.52. The van der Waals surface area contributed by atoms with Crippen LogP contribution in [0.3, 0.4) is 0 Å². The molecular formula is C14H22N2O6. The van der Waals surface area contributed by atoms with Crippen molar-refractivity contribution >= 4 is 17.7 Å². The lowest BCUT2D eigenvalue weighted by Gasteiger charge is -2.36. The standard InChI is InChI=1S/C10H18N2O2.C4H4O4/c1-8-9(11-13)7-10(14-8)3-5-12(2)6-4-10;5-3(6)1-2-4(7)8/h8,13H,3-7H2,1-2H3;1-2H,(H,5,6)(H,7,8)/b11-9-;2-1+. The van der Waals surface area contributed by atoms with Gasteiger partial charge in [0.2, 0.25) is 0 Å². The number of rotatable bonds is 2. The zero-order valence-corrected chi connectivity index (χ0v) is 12.7. The Morgan fingerprint density at radius 3 is 2.14 bits per heavy atom. The predicted molar refractivity (Wildman–Crippen MR) is 78.3 cm³/mol. The van der Waals surface area contributed by atoms with Gasteiger partial charge in [0.15, 0.2) is 0 Å². The van der Waals surface area contributed by atoms with E-state index in [0.717, 1.165) is 38.1 Å². The summed E-state index contributed by atoms with van der Waals surface area (Å²) in [5, 5.41) is 27.7. The average Bonchev–Trinajstić information content (AvgIpc) is 2.77. The Morgan fingerprint density at radius 1 is 1.27 bits per heavy atom. The average molecular weight is 314 g/mol. The fourth-order valence-electron chi connectivity index (χ4n) is 2.54. The molecule has 22 heavy (non-hydrogen) atoms. The van der Waals surface area contributed by atoms with Crippen molar-refractivity contribution < 1.29 is 29.7 Å². The maximum atomic E-state index is 9.55. The van der Waals surface area contributed by atoms with E-state index in [0.29, 0.717) is 12.2 Å². The van der Waals surface area contributed by atoms with Gasteiger partial charge >= 0.3 is 11.9 Å². The Balaban J connectivity index is 0.000000261. The van der Waals surface area contributed by atoms with Crippen molar-refractivity contribution in [3.8, 4) is 0 Å². The van der Waals surface area contributed by atoms with Crippen LogP contribution in [0.5, 0.6) is 0 Å². The van der Waals surface area contributed by atoms with E-state index in [9.17, 15) is 9.59 Å². The van der Waals surface area contributed by atoms with Crippen molar-refractivity contribution in [2.75, 3.05) is 20.1 Å². The van der Waals surface area contributed by atoms with E-state index in [-0.39, 0.29) is 11.7 Å². The van der Waals surface area contributed by atoms with Crippen molar-refractivity contribution in [2.45, 2.75) is 37.9 Å². The van der Waals surface area contributed by atoms with E-state index in [2.05, 4.69) is 17.1 Å². The highest BCUT2D eigenvalue weighted by atomic mass is 16.5. The number of oxime groups is 1. The summed E-state index contributed by atoms with van der Waals surface area (Å²) in [6.45, 7) is 4.11. The molecule has 0 aliphatic carbocycles. The summed E-state index contributed by atoms with van der Waals surface area (Å²) in [5.74, 6) is -2.51. The Labute approximate surface area is 128 Å². The molecule has 124 valence electrons. The molecule has 3 N–H and O–H groups in total. The third-order valence-corrected chi connectivity index (χ3v) is 3.79. The van der Waals surface area contributed by atoms with Gasteiger partial charge in [-0.25, -0.2) is 9.59 Å². The number of piperidine rings is 1. The molecule has 2 aliphatic rings. The summed E-state index contributed by atoms with van der Waals surface area (Å²) in [5.41, 5.74) is 0.766. The molecule has 2 saturated heterocycles. The fourth-order valence-corrected chi connectivity index (χ4v) is 2.54. The van der Waals surface area contributed by atoms with Gasteiger partial charge in [0.05, 0.1) is 17.4 Å². The second-order valence-electron chi connectivity index (χ2n) is 5.52. The van der Waals surface area contributed by atoms with Crippen LogP contribution in [-0.4, -0.2) is 69.8 Å². The molecule has 2 heterocycles. The highest BCUT2D eigenvalue weighted by Crippen LogP contribution is 2.37. The van der Waals surface area contributed by atoms with Gasteiger partial charge < -0.3 is 25.1 Å². The van der Waals surface area contributed by atoms with Gasteiger partial charge in [-0.15, -0.1) is 0 Å². The van der Waals surface area contributed by atoms with E-state index in [1.165, 1.54) is 0 Å². The molecule has 1 spiro atoms. The lowest BCUT2D eigenvalue weighted by atomic mass is 9.88. The molecule has 0 aromatic heterocycles. The molecule has 2 aliphatic heterocycles. The zero-order valence-electron chi connectivity index (χ0n) is 12.7. The summed E-state index contributed by atoms with van der Waals surface area (Å²) >= 11 is 0. The lowest BCUT2D eigenvalue weighted by molar-refractivity contribution is -0.134. The van der Waals surface area contributed by atoms with Crippen LogP contribution in [0, 0.1) is 0 Å². The Hall–Kier alpha value is -1.93. The number of aliphatic carboxylic acids is 2. The number of carboxylic acid groups (broad SMARTS) is 2. The van der Waals surface area contributed by atoms with E-state index in [4.69, 9.17) is 20.2 Å². The molecule has 0 aromatic carbocycles. The maximum Gasteiger partial charge on any atom is 0.328 e. The third-order valence-electron chi connectivity index (χ3n) is 3.79. The zero-order chi connectivity index (χ0) is 16.8. The first kappa shape index (κ1) is 18.1. The predicted octanol–water partition coefficient (Wildman–Crippen LogP) is 0.802. The lowest BCUT2D eigenvalue weighted by Crippen LogP contribution is -2.42. The minimum atomic E-state index is -1.26. The number of hydrogen-bond donors (Lipinski definition) is 3. The number of hydrogen-bond acceptors (Lipinski definition) is 6. The van der Waals surface area contributed by atoms with E-state index in [1.807, 2.05) is 6.92 Å². The van der Waals surface area contributed by atoms with Gasteiger partial charge in [0.1, 0.15) is 0 Å². The fraction of sp³-hybridized carbons (Fsp3) is 0.643. The van der Waals surface area contributed by atoms with Crippen molar-refractivity contribution in [3.63, 3.8) is 0 Å². The van der Waals surface area contributed by atoms with Gasteiger partial charge in [-0.3, -0.25) is 0 Å². The first-order valence-corrected chi connectivity index (χ1v) is 6.99. The highest BCUT2D eigenvalue weighted by Gasteiger charge is 2.44. The Bertz CT molecular complexity index is 450. The summed E-state index contributed by atoms with van der Waals surface area (Å²) in [6.07, 6.45) is 4.01. The summed E-state index contributed by atoms with van der Waals surface area (Å²) in [4.78, 5) is 21.4. The molecule has 0 saturated carbocycles. The Kier molecular flexibility index (Phi) is 6.51. The molecule has 0 radical (unpaired) electrons. The van der Waals surface area contributed by atoms with Crippen molar-refractivity contribution in [1.29, 1.82) is 0 Å². The van der Waals surface area contributed by atoms with Crippen LogP contribution in [0.4, 0.5) is 0 Å². The van der Waals surface area contributed by atoms with Gasteiger partial charge in [0, 0.05) is 31.7 Å². The van der Waals surface area contributed by atoms with Crippen molar-refractivity contribution in [1.82, 2.24) is 4.90 Å². The minimum absolute atomic E-state index is 0.0107. The molecule has 1 unspecified atom stereocenters. The monoisotopic (exact) mass is 314 g/mol. The van der Waals surface area contributed by atoms with E-state index >= 15 is 0 Å². The quantitative estimate of drug-likeness (QED) is 0.392. The molecule has 8 nitrogen and oxygen atoms in total. The molecule has 2 fully saturated rings. The molecular weight excluding hydrogens is 292 g/mol. The van der Waals surface area contributed by atoms with Crippen molar-refractivity contribution in [2.24, 2.45) is 5.16 Å². The van der Waals surface area contributed by atoms with Crippen molar-refractivity contribution in [3.05, 3.63) is 12.2 Å². The largest absolute Gasteiger partial charge is 0.478 e. The normalized spacial score (nSPS) is 26.1. The summed E-state index contributed by atoms with van der Waals surface area (Å²) in [6, 6.07) is 0. The summed E-state index contributed by atoms with van der Waals surface area (Å²) in [7, 11) is 2.13. The van der Waals surface area contributed by atoms with E-state index in [1.54, 1.807) is 0 Å². The van der Waals surface area contributed by atoms with Gasteiger partial charge in [0.25, 0.3) is 0 Å². The van der Waals surface area contributed by atoms with E-state index < -0.39 is 11.9 Å². The first-order valence-electron chi connectivity index (χ1n) is 6.99. The molecule has 2 rings (SSSR count). The van der Waals surface area contributed by atoms with Gasteiger partial charge in [-0.1, -0.05) is 5.16 Å². The van der Waals surface area contributed by atoms with Gasteiger partial charge in [-0.05, 0) is 26.8 Å². The molecule has 1 atom stereocenters. The van der Waals surface area contributed by atoms with Crippen LogP contribution >= 0.6 is 0 Å². The number of nitrogens with zero attached hydrogens (tertiary/aromatic N) is 2. The molecule has 0 aromatic rings. The minimum Gasteiger partial charge on any atom is -0.478 e. The topological polar surface area (TPSA) is 120 Å². The number of carboxylic acids is 2. The smallest absolute Gasteiger partial charge is 0.328 e. The first-order chi connectivity index (χ1) is 10.3. The maximum absolute atomic E-state index is 9.55. The van der Waals surface area contributed by atoms with Crippen LogP contribution < -0.4 is 0 Å². The van der Waals surface area contributed by atoms with Crippen LogP contribution in [0.15, 0.2) is 17.3 Å². The van der Waals surface area contributed by atoms with Crippen LogP contribution in [0.2, 0.25) is 0 Å².